The van der Waals surface area contributed by atoms with Crippen molar-refractivity contribution in [2.75, 3.05) is 13.1 Å². The number of hydrogen-bond donors (Lipinski definition) is 1. The number of H-pyrrole nitrogens is 1. The Bertz CT molecular complexity index is 791. The Morgan fingerprint density at radius 3 is 2.39 bits per heavy atom. The van der Waals surface area contributed by atoms with Gasteiger partial charge in [-0.05, 0) is 41.5 Å². The molecule has 1 amide bonds. The number of amides is 1. The first kappa shape index (κ1) is 13.7. The third-order valence-electron chi connectivity index (χ3n) is 4.29. The fourth-order valence-corrected chi connectivity index (χ4v) is 2.88. The van der Waals surface area contributed by atoms with Gasteiger partial charge in [-0.3, -0.25) is 14.9 Å². The highest BCUT2D eigenvalue weighted by atomic mass is 16.2. The number of rotatable bonds is 3. The van der Waals surface area contributed by atoms with Gasteiger partial charge in [0.2, 0.25) is 0 Å². The first-order valence-electron chi connectivity index (χ1n) is 7.60. The van der Waals surface area contributed by atoms with Gasteiger partial charge in [0.05, 0.1) is 5.69 Å². The SMILES string of the molecule is O=C(c1ccc(-c2ccn[nH]2)cc1)N1CC(c2ccncc2)C1. The average molecular weight is 304 g/mol. The summed E-state index contributed by atoms with van der Waals surface area (Å²) in [5.41, 5.74) is 3.95. The predicted molar refractivity (Wildman–Crippen MR) is 86.9 cm³/mol. The number of carbonyl (C=O) groups is 1. The summed E-state index contributed by atoms with van der Waals surface area (Å²) < 4.78 is 0. The van der Waals surface area contributed by atoms with E-state index >= 15 is 0 Å². The molecule has 3 aromatic rings. The highest BCUT2D eigenvalue weighted by molar-refractivity contribution is 5.95. The summed E-state index contributed by atoms with van der Waals surface area (Å²) in [4.78, 5) is 18.4. The van der Waals surface area contributed by atoms with Gasteiger partial charge in [-0.2, -0.15) is 5.10 Å². The lowest BCUT2D eigenvalue weighted by Crippen LogP contribution is -2.48. The van der Waals surface area contributed by atoms with Gasteiger partial charge in [0.15, 0.2) is 0 Å². The number of likely N-dealkylation sites (tertiary alicyclic amines) is 1. The number of carbonyl (C=O) groups excluding carboxylic acids is 1. The Balaban J connectivity index is 1.42. The Labute approximate surface area is 134 Å². The number of aromatic nitrogens is 3. The molecule has 5 nitrogen and oxygen atoms in total. The van der Waals surface area contributed by atoms with Crippen LogP contribution < -0.4 is 0 Å². The lowest BCUT2D eigenvalue weighted by atomic mass is 9.91. The highest BCUT2D eigenvalue weighted by Gasteiger charge is 2.32. The molecule has 1 fully saturated rings. The third kappa shape index (κ3) is 2.61. The number of pyridine rings is 1. The van der Waals surface area contributed by atoms with Gasteiger partial charge in [0.1, 0.15) is 0 Å². The molecule has 4 rings (SSSR count). The molecule has 2 aromatic heterocycles. The lowest BCUT2D eigenvalue weighted by Gasteiger charge is -2.39. The second-order valence-electron chi connectivity index (χ2n) is 5.74. The van der Waals surface area contributed by atoms with Crippen LogP contribution in [0.15, 0.2) is 61.1 Å². The van der Waals surface area contributed by atoms with Crippen molar-refractivity contribution in [3.63, 3.8) is 0 Å². The van der Waals surface area contributed by atoms with Crippen molar-refractivity contribution < 1.29 is 4.79 Å². The number of aromatic amines is 1. The summed E-state index contributed by atoms with van der Waals surface area (Å²) in [6.07, 6.45) is 5.32. The summed E-state index contributed by atoms with van der Waals surface area (Å²) in [6, 6.07) is 13.6. The van der Waals surface area contributed by atoms with Crippen LogP contribution in [0.4, 0.5) is 0 Å². The van der Waals surface area contributed by atoms with Crippen LogP contribution in [0.3, 0.4) is 0 Å². The van der Waals surface area contributed by atoms with Crippen LogP contribution in [-0.4, -0.2) is 39.1 Å². The molecule has 3 heterocycles. The molecule has 1 aliphatic heterocycles. The molecule has 1 N–H and O–H groups in total. The highest BCUT2D eigenvalue weighted by Crippen LogP contribution is 2.28. The normalized spacial score (nSPS) is 14.5. The van der Waals surface area contributed by atoms with Crippen LogP contribution >= 0.6 is 0 Å². The molecule has 1 aromatic carbocycles. The van der Waals surface area contributed by atoms with E-state index in [0.29, 0.717) is 5.92 Å². The van der Waals surface area contributed by atoms with Gasteiger partial charge in [0.25, 0.3) is 5.91 Å². The first-order valence-corrected chi connectivity index (χ1v) is 7.60. The van der Waals surface area contributed by atoms with Gasteiger partial charge >= 0.3 is 0 Å². The predicted octanol–water partition coefficient (Wildman–Crippen LogP) is 2.71. The average Bonchev–Trinajstić information content (AvgIpc) is 3.09. The van der Waals surface area contributed by atoms with Crippen molar-refractivity contribution in [3.05, 3.63) is 72.2 Å². The van der Waals surface area contributed by atoms with E-state index in [2.05, 4.69) is 15.2 Å². The van der Waals surface area contributed by atoms with Crippen LogP contribution in [0.25, 0.3) is 11.3 Å². The van der Waals surface area contributed by atoms with E-state index in [1.807, 2.05) is 47.4 Å². The molecule has 1 saturated heterocycles. The quantitative estimate of drug-likeness (QED) is 0.809. The minimum absolute atomic E-state index is 0.0893. The molecule has 0 aliphatic carbocycles. The van der Waals surface area contributed by atoms with Crippen molar-refractivity contribution in [3.8, 4) is 11.3 Å². The van der Waals surface area contributed by atoms with E-state index in [0.717, 1.165) is 29.9 Å². The summed E-state index contributed by atoms with van der Waals surface area (Å²) in [7, 11) is 0. The van der Waals surface area contributed by atoms with Gasteiger partial charge < -0.3 is 4.90 Å². The zero-order valence-corrected chi connectivity index (χ0v) is 12.5. The number of nitrogens with zero attached hydrogens (tertiary/aromatic N) is 3. The minimum atomic E-state index is 0.0893. The molecular formula is C18H16N4O. The van der Waals surface area contributed by atoms with Gasteiger partial charge in [-0.1, -0.05) is 12.1 Å². The van der Waals surface area contributed by atoms with Crippen molar-refractivity contribution in [1.29, 1.82) is 0 Å². The molecule has 23 heavy (non-hydrogen) atoms. The maximum atomic E-state index is 12.5. The summed E-state index contributed by atoms with van der Waals surface area (Å²) in [6.45, 7) is 1.54. The van der Waals surface area contributed by atoms with Crippen molar-refractivity contribution >= 4 is 5.91 Å². The molecule has 0 radical (unpaired) electrons. The molecule has 0 spiro atoms. The Hall–Kier alpha value is -2.95. The van der Waals surface area contributed by atoms with E-state index in [9.17, 15) is 4.79 Å². The second kappa shape index (κ2) is 5.68. The summed E-state index contributed by atoms with van der Waals surface area (Å²) in [5.74, 6) is 0.512. The molecule has 0 bridgehead atoms. The topological polar surface area (TPSA) is 61.9 Å². The minimum Gasteiger partial charge on any atom is -0.337 e. The van der Waals surface area contributed by atoms with E-state index < -0.39 is 0 Å². The molecular weight excluding hydrogens is 288 g/mol. The zero-order chi connectivity index (χ0) is 15.6. The first-order chi connectivity index (χ1) is 11.3. The van der Waals surface area contributed by atoms with Crippen LogP contribution in [0, 0.1) is 0 Å². The molecule has 5 heteroatoms. The van der Waals surface area contributed by atoms with Crippen molar-refractivity contribution in [2.45, 2.75) is 5.92 Å². The molecule has 0 saturated carbocycles. The fourth-order valence-electron chi connectivity index (χ4n) is 2.88. The summed E-state index contributed by atoms with van der Waals surface area (Å²) in [5, 5.41) is 6.86. The Morgan fingerprint density at radius 2 is 1.74 bits per heavy atom. The number of benzene rings is 1. The van der Waals surface area contributed by atoms with Crippen LogP contribution in [0.1, 0.15) is 21.8 Å². The maximum absolute atomic E-state index is 12.5. The third-order valence-corrected chi connectivity index (χ3v) is 4.29. The maximum Gasteiger partial charge on any atom is 0.253 e. The van der Waals surface area contributed by atoms with E-state index in [1.54, 1.807) is 18.6 Å². The van der Waals surface area contributed by atoms with Crippen LogP contribution in [0.5, 0.6) is 0 Å². The smallest absolute Gasteiger partial charge is 0.253 e. The van der Waals surface area contributed by atoms with Crippen LogP contribution in [0.2, 0.25) is 0 Å². The van der Waals surface area contributed by atoms with Gasteiger partial charge in [-0.15, -0.1) is 0 Å². The zero-order valence-electron chi connectivity index (χ0n) is 12.5. The van der Waals surface area contributed by atoms with Crippen molar-refractivity contribution in [2.24, 2.45) is 0 Å². The number of hydrogen-bond acceptors (Lipinski definition) is 3. The van der Waals surface area contributed by atoms with Crippen molar-refractivity contribution in [1.82, 2.24) is 20.1 Å². The van der Waals surface area contributed by atoms with E-state index in [-0.39, 0.29) is 5.91 Å². The monoisotopic (exact) mass is 304 g/mol. The number of nitrogens with one attached hydrogen (secondary N) is 1. The fraction of sp³-hybridized carbons (Fsp3) is 0.167. The van der Waals surface area contributed by atoms with Gasteiger partial charge in [0, 0.05) is 43.2 Å². The Morgan fingerprint density at radius 1 is 1.00 bits per heavy atom. The van der Waals surface area contributed by atoms with E-state index in [4.69, 9.17) is 0 Å². The van der Waals surface area contributed by atoms with E-state index in [1.165, 1.54) is 5.56 Å². The molecule has 1 aliphatic rings. The summed E-state index contributed by atoms with van der Waals surface area (Å²) >= 11 is 0. The molecule has 114 valence electrons. The largest absolute Gasteiger partial charge is 0.337 e. The van der Waals surface area contributed by atoms with Gasteiger partial charge in [-0.25, -0.2) is 0 Å². The molecule has 0 unspecified atom stereocenters. The standard InChI is InChI=1S/C18H16N4O/c23-18(22-11-16(12-22)13-5-8-19-9-6-13)15-3-1-14(2-4-15)17-7-10-20-21-17/h1-10,16H,11-12H2,(H,20,21). The Kier molecular flexibility index (Phi) is 3.38. The second-order valence-corrected chi connectivity index (χ2v) is 5.74. The molecule has 0 atom stereocenters. The lowest BCUT2D eigenvalue weighted by molar-refractivity contribution is 0.0602. The van der Waals surface area contributed by atoms with Crippen LogP contribution in [-0.2, 0) is 0 Å².